The second-order valence-electron chi connectivity index (χ2n) is 3.92. The Morgan fingerprint density at radius 1 is 1.42 bits per heavy atom. The molecule has 0 amide bonds. The van der Waals surface area contributed by atoms with Gasteiger partial charge in [-0.1, -0.05) is 6.92 Å². The molecule has 4 atom stereocenters. The van der Waals surface area contributed by atoms with Gasteiger partial charge in [0.05, 0.1) is 11.0 Å². The molecule has 4 nitrogen and oxygen atoms in total. The predicted octanol–water partition coefficient (Wildman–Crippen LogP) is -1.32. The van der Waals surface area contributed by atoms with Crippen LogP contribution in [0.5, 0.6) is 0 Å². The summed E-state index contributed by atoms with van der Waals surface area (Å²) in [6, 6.07) is 0. The van der Waals surface area contributed by atoms with E-state index in [1.807, 2.05) is 0 Å². The van der Waals surface area contributed by atoms with Gasteiger partial charge >= 0.3 is 0 Å². The van der Waals surface area contributed by atoms with Crippen LogP contribution in [-0.2, 0) is 0 Å². The minimum absolute atomic E-state index is 0.00579. The van der Waals surface area contributed by atoms with Crippen LogP contribution in [0.15, 0.2) is 0 Å². The van der Waals surface area contributed by atoms with Gasteiger partial charge in [0.2, 0.25) is 0 Å². The highest BCUT2D eigenvalue weighted by atomic mass is 16.5. The van der Waals surface area contributed by atoms with Crippen molar-refractivity contribution in [3.8, 4) is 0 Å². The lowest BCUT2D eigenvalue weighted by molar-refractivity contribution is -0.0909. The fourth-order valence-electron chi connectivity index (χ4n) is 3.04. The molecule has 0 aromatic rings. The average Bonchev–Trinajstić information content (AvgIpc) is 2.73. The molecule has 2 aliphatic carbocycles. The molecule has 0 aromatic carbocycles. The van der Waals surface area contributed by atoms with Crippen LogP contribution >= 0.6 is 0 Å². The smallest absolute Gasteiger partial charge is 0.160 e. The van der Waals surface area contributed by atoms with Crippen LogP contribution in [0, 0.1) is 17.3 Å². The second-order valence-corrected chi connectivity index (χ2v) is 3.92. The van der Waals surface area contributed by atoms with E-state index in [1.54, 1.807) is 6.92 Å². The third kappa shape index (κ3) is 0.537. The molecule has 4 heteroatoms. The van der Waals surface area contributed by atoms with Crippen LogP contribution in [0.25, 0.3) is 0 Å². The first-order valence-corrected chi connectivity index (χ1v) is 4.24. The minimum atomic E-state index is -1.45. The van der Waals surface area contributed by atoms with E-state index in [9.17, 15) is 5.11 Å². The standard InChI is InChI=1S/C8H14O4/c1-4-7(6(10)11)5(2-3-9)8(4,7)12/h4-6,9-12H,2-3H2,1H3. The van der Waals surface area contributed by atoms with Gasteiger partial charge in [-0.2, -0.15) is 0 Å². The number of hydrogen-bond acceptors (Lipinski definition) is 4. The third-order valence-electron chi connectivity index (χ3n) is 3.86. The summed E-state index contributed by atoms with van der Waals surface area (Å²) in [5.74, 6) is -0.161. The SMILES string of the molecule is CC1C2(O)C(CCO)C12C(O)O. The van der Waals surface area contributed by atoms with E-state index in [0.717, 1.165) is 0 Å². The van der Waals surface area contributed by atoms with Crippen LogP contribution in [0.3, 0.4) is 0 Å². The summed E-state index contributed by atoms with van der Waals surface area (Å²) in [6.07, 6.45) is -0.993. The van der Waals surface area contributed by atoms with Crippen LogP contribution in [-0.4, -0.2) is 38.9 Å². The molecule has 0 bridgehead atoms. The quantitative estimate of drug-likeness (QED) is 0.400. The van der Waals surface area contributed by atoms with Gasteiger partial charge in [0.25, 0.3) is 0 Å². The fourth-order valence-corrected chi connectivity index (χ4v) is 3.04. The summed E-state index contributed by atoms with van der Waals surface area (Å²) in [4.78, 5) is 0. The van der Waals surface area contributed by atoms with Gasteiger partial charge in [-0.05, 0) is 12.3 Å². The molecule has 0 aromatic heterocycles. The Hall–Kier alpha value is -0.160. The average molecular weight is 174 g/mol. The lowest BCUT2D eigenvalue weighted by Gasteiger charge is -2.16. The first-order chi connectivity index (χ1) is 5.54. The lowest BCUT2D eigenvalue weighted by atomic mass is 9.94. The molecule has 2 saturated carbocycles. The normalized spacial score (nSPS) is 55.5. The zero-order valence-corrected chi connectivity index (χ0v) is 6.94. The summed E-state index contributed by atoms with van der Waals surface area (Å²) >= 11 is 0. The van der Waals surface area contributed by atoms with Crippen molar-refractivity contribution < 1.29 is 20.4 Å². The number of aliphatic hydroxyl groups excluding tert-OH is 2. The van der Waals surface area contributed by atoms with Crippen molar-refractivity contribution in [2.75, 3.05) is 6.61 Å². The van der Waals surface area contributed by atoms with Crippen molar-refractivity contribution in [2.45, 2.75) is 25.2 Å². The molecule has 0 aliphatic heterocycles. The van der Waals surface area contributed by atoms with E-state index in [4.69, 9.17) is 15.3 Å². The highest BCUT2D eigenvalue weighted by Gasteiger charge is 2.98. The summed E-state index contributed by atoms with van der Waals surface area (Å²) in [7, 11) is 0. The van der Waals surface area contributed by atoms with Crippen LogP contribution in [0.4, 0.5) is 0 Å². The molecule has 2 fully saturated rings. The largest absolute Gasteiger partial charge is 0.396 e. The first-order valence-electron chi connectivity index (χ1n) is 4.24. The highest BCUT2D eigenvalue weighted by Crippen LogP contribution is 2.88. The maximum absolute atomic E-state index is 9.76. The van der Waals surface area contributed by atoms with E-state index in [2.05, 4.69) is 0 Å². The molecule has 70 valence electrons. The van der Waals surface area contributed by atoms with Gasteiger partial charge in [0.15, 0.2) is 6.29 Å². The molecule has 0 spiro atoms. The van der Waals surface area contributed by atoms with E-state index in [-0.39, 0.29) is 18.4 Å². The van der Waals surface area contributed by atoms with Gasteiger partial charge in [-0.25, -0.2) is 0 Å². The van der Waals surface area contributed by atoms with Gasteiger partial charge in [-0.15, -0.1) is 0 Å². The summed E-state index contributed by atoms with van der Waals surface area (Å²) in [6.45, 7) is 1.79. The van der Waals surface area contributed by atoms with Crippen molar-refractivity contribution in [1.82, 2.24) is 0 Å². The molecular formula is C8H14O4. The maximum Gasteiger partial charge on any atom is 0.160 e. The topological polar surface area (TPSA) is 80.9 Å². The molecule has 4 unspecified atom stereocenters. The van der Waals surface area contributed by atoms with Gasteiger partial charge in [-0.3, -0.25) is 0 Å². The second kappa shape index (κ2) is 2.01. The van der Waals surface area contributed by atoms with Crippen LogP contribution in [0.2, 0.25) is 0 Å². The number of hydrogen-bond donors (Lipinski definition) is 4. The van der Waals surface area contributed by atoms with Crippen molar-refractivity contribution in [3.63, 3.8) is 0 Å². The molecule has 4 N–H and O–H groups in total. The van der Waals surface area contributed by atoms with Crippen LogP contribution < -0.4 is 0 Å². The number of fused-ring (bicyclic) bond motifs is 1. The van der Waals surface area contributed by atoms with Crippen molar-refractivity contribution in [3.05, 3.63) is 0 Å². The molecule has 0 radical (unpaired) electrons. The molecule has 2 aliphatic rings. The Kier molecular flexibility index (Phi) is 1.41. The van der Waals surface area contributed by atoms with E-state index < -0.39 is 17.3 Å². The Bertz CT molecular complexity index is 210. The Labute approximate surface area is 70.5 Å². The molecular weight excluding hydrogens is 160 g/mol. The van der Waals surface area contributed by atoms with Crippen molar-refractivity contribution in [2.24, 2.45) is 17.3 Å². The van der Waals surface area contributed by atoms with Gasteiger partial charge in [0, 0.05) is 12.5 Å². The van der Waals surface area contributed by atoms with E-state index in [0.29, 0.717) is 6.42 Å². The van der Waals surface area contributed by atoms with Crippen LogP contribution in [0.1, 0.15) is 13.3 Å². The summed E-state index contributed by atoms with van der Waals surface area (Å²) in [5.41, 5.74) is -1.61. The van der Waals surface area contributed by atoms with Gasteiger partial charge < -0.3 is 20.4 Å². The van der Waals surface area contributed by atoms with Crippen molar-refractivity contribution in [1.29, 1.82) is 0 Å². The first kappa shape index (κ1) is 8.44. The Morgan fingerprint density at radius 2 is 2.00 bits per heavy atom. The zero-order chi connectivity index (χ0) is 9.15. The lowest BCUT2D eigenvalue weighted by Crippen LogP contribution is -2.23. The molecule has 0 saturated heterocycles. The minimum Gasteiger partial charge on any atom is -0.396 e. The maximum atomic E-state index is 9.76. The molecule has 12 heavy (non-hydrogen) atoms. The highest BCUT2D eigenvalue weighted by molar-refractivity contribution is 5.44. The number of aliphatic hydroxyl groups is 4. The fraction of sp³-hybridized carbons (Fsp3) is 1.00. The molecule has 2 rings (SSSR count). The predicted molar refractivity (Wildman–Crippen MR) is 40.0 cm³/mol. The number of rotatable bonds is 3. The van der Waals surface area contributed by atoms with Crippen molar-refractivity contribution >= 4 is 0 Å². The zero-order valence-electron chi connectivity index (χ0n) is 6.94. The summed E-state index contributed by atoms with van der Waals surface area (Å²) in [5, 5.41) is 36.5. The molecule has 0 heterocycles. The third-order valence-corrected chi connectivity index (χ3v) is 3.86. The Balaban J connectivity index is 2.09. The van der Waals surface area contributed by atoms with Gasteiger partial charge in [0.1, 0.15) is 0 Å². The van der Waals surface area contributed by atoms with E-state index >= 15 is 0 Å². The monoisotopic (exact) mass is 174 g/mol. The Morgan fingerprint density at radius 3 is 2.25 bits per heavy atom. The summed E-state index contributed by atoms with van der Waals surface area (Å²) < 4.78 is 0. The van der Waals surface area contributed by atoms with E-state index in [1.165, 1.54) is 0 Å².